The van der Waals surface area contributed by atoms with Gasteiger partial charge in [-0.3, -0.25) is 4.39 Å². The number of hydrogen-bond donors (Lipinski definition) is 0. The van der Waals surface area contributed by atoms with Crippen molar-refractivity contribution in [3.05, 3.63) is 107 Å². The number of aryl methyl sites for hydroxylation is 2. The molecule has 2 nitrogen and oxygen atoms in total. The summed E-state index contributed by atoms with van der Waals surface area (Å²) in [5.41, 5.74) is 6.06. The average Bonchev–Trinajstić information content (AvgIpc) is 2.73. The number of hydrogen-bond acceptors (Lipinski definition) is 2. The Hall–Kier alpha value is -3.07. The fourth-order valence-corrected chi connectivity index (χ4v) is 2.95. The quantitative estimate of drug-likeness (QED) is 0.386. The van der Waals surface area contributed by atoms with Crippen LogP contribution < -0.4 is 0 Å². The molecule has 0 saturated carbocycles. The third-order valence-electron chi connectivity index (χ3n) is 4.45. The van der Waals surface area contributed by atoms with Crippen LogP contribution in [-0.2, 0) is 12.8 Å². The Kier molecular flexibility index (Phi) is 6.64. The van der Waals surface area contributed by atoms with Crippen LogP contribution in [0.15, 0.2) is 89.1 Å². The van der Waals surface area contributed by atoms with E-state index < -0.39 is 0 Å². The molecule has 0 fully saturated rings. The van der Waals surface area contributed by atoms with Crippen molar-refractivity contribution in [1.29, 1.82) is 0 Å². The molecule has 0 saturated heterocycles. The molecule has 136 valence electrons. The summed E-state index contributed by atoms with van der Waals surface area (Å²) < 4.78 is 12.5. The van der Waals surface area contributed by atoms with Gasteiger partial charge in [-0.15, -0.1) is 5.10 Å². The van der Waals surface area contributed by atoms with Crippen molar-refractivity contribution in [1.82, 2.24) is 0 Å². The first kappa shape index (κ1) is 18.7. The van der Waals surface area contributed by atoms with Crippen LogP contribution in [0.5, 0.6) is 0 Å². The van der Waals surface area contributed by atoms with Gasteiger partial charge in [0.05, 0.1) is 12.9 Å². The molecule has 0 radical (unpaired) electrons. The van der Waals surface area contributed by atoms with Gasteiger partial charge >= 0.3 is 0 Å². The van der Waals surface area contributed by atoms with Crippen LogP contribution in [0.25, 0.3) is 0 Å². The maximum Gasteiger partial charge on any atom is 0.100 e. The summed E-state index contributed by atoms with van der Waals surface area (Å²) in [7, 11) is 0. The highest BCUT2D eigenvalue weighted by atomic mass is 19.1. The molecule has 0 unspecified atom stereocenters. The number of nitrogens with zero attached hydrogens (tertiary/aromatic N) is 2. The molecule has 3 aromatic rings. The Morgan fingerprint density at radius 2 is 1.52 bits per heavy atom. The molecule has 0 amide bonds. The molecule has 0 aliphatic rings. The zero-order valence-corrected chi connectivity index (χ0v) is 15.5. The normalized spacial score (nSPS) is 11.9. The Morgan fingerprint density at radius 1 is 0.852 bits per heavy atom. The van der Waals surface area contributed by atoms with Gasteiger partial charge in [-0.1, -0.05) is 85.8 Å². The molecule has 3 aromatic carbocycles. The van der Waals surface area contributed by atoms with Gasteiger partial charge in [-0.2, -0.15) is 5.10 Å². The Bertz CT molecular complexity index is 913. The van der Waals surface area contributed by atoms with Crippen molar-refractivity contribution >= 4 is 11.9 Å². The van der Waals surface area contributed by atoms with Gasteiger partial charge < -0.3 is 0 Å². The average molecular weight is 358 g/mol. The lowest BCUT2D eigenvalue weighted by atomic mass is 10.0. The summed E-state index contributed by atoms with van der Waals surface area (Å²) >= 11 is 0. The minimum atomic E-state index is -0.347. The topological polar surface area (TPSA) is 24.7 Å². The summed E-state index contributed by atoms with van der Waals surface area (Å²) in [5, 5.41) is 8.89. The van der Waals surface area contributed by atoms with Crippen LogP contribution >= 0.6 is 0 Å². The molecule has 0 atom stereocenters. The minimum absolute atomic E-state index is 0.347. The second kappa shape index (κ2) is 9.58. The van der Waals surface area contributed by atoms with Crippen molar-refractivity contribution in [3.8, 4) is 0 Å². The van der Waals surface area contributed by atoms with E-state index in [4.69, 9.17) is 0 Å². The molecule has 0 aromatic heterocycles. The van der Waals surface area contributed by atoms with Crippen LogP contribution in [-0.4, -0.2) is 18.6 Å². The van der Waals surface area contributed by atoms with Crippen LogP contribution in [0.1, 0.15) is 34.7 Å². The van der Waals surface area contributed by atoms with E-state index in [1.807, 2.05) is 72.8 Å². The monoisotopic (exact) mass is 358 g/mol. The van der Waals surface area contributed by atoms with Crippen LogP contribution in [0.2, 0.25) is 0 Å². The minimum Gasteiger partial charge on any atom is -0.251 e. The van der Waals surface area contributed by atoms with Gasteiger partial charge in [0.25, 0.3) is 0 Å². The van der Waals surface area contributed by atoms with Crippen molar-refractivity contribution in [2.45, 2.75) is 19.8 Å². The van der Waals surface area contributed by atoms with E-state index in [9.17, 15) is 4.39 Å². The number of halogens is 1. The van der Waals surface area contributed by atoms with Crippen LogP contribution in [0.4, 0.5) is 4.39 Å². The SMILES string of the molecule is CCc1ccccc1C=NN=C(c1ccccc1)c1ccc(CCF)cc1. The number of alkyl halides is 1. The van der Waals surface area contributed by atoms with Crippen molar-refractivity contribution in [3.63, 3.8) is 0 Å². The molecule has 0 N–H and O–H groups in total. The lowest BCUT2D eigenvalue weighted by Gasteiger charge is -2.07. The van der Waals surface area contributed by atoms with Crippen molar-refractivity contribution < 1.29 is 4.39 Å². The highest BCUT2D eigenvalue weighted by molar-refractivity contribution is 6.13. The van der Waals surface area contributed by atoms with Crippen molar-refractivity contribution in [2.24, 2.45) is 10.2 Å². The Balaban J connectivity index is 1.95. The largest absolute Gasteiger partial charge is 0.251 e. The highest BCUT2D eigenvalue weighted by Crippen LogP contribution is 2.14. The second-order valence-corrected chi connectivity index (χ2v) is 6.25. The maximum absolute atomic E-state index is 12.5. The number of rotatable bonds is 7. The molecule has 3 rings (SSSR count). The fourth-order valence-electron chi connectivity index (χ4n) is 2.95. The van der Waals surface area contributed by atoms with E-state index in [0.29, 0.717) is 6.42 Å². The van der Waals surface area contributed by atoms with E-state index in [2.05, 4.69) is 23.2 Å². The first-order valence-corrected chi connectivity index (χ1v) is 9.21. The zero-order chi connectivity index (χ0) is 18.9. The number of benzene rings is 3. The second-order valence-electron chi connectivity index (χ2n) is 6.25. The first-order valence-electron chi connectivity index (χ1n) is 9.21. The van der Waals surface area contributed by atoms with Gasteiger partial charge in [0, 0.05) is 17.5 Å². The standard InChI is InChI=1S/C24H23FN2/c1-2-20-8-6-7-11-23(20)18-26-27-24(21-9-4-3-5-10-21)22-14-12-19(13-15-22)16-17-25/h3-15,18H,2,16-17H2,1H3. The van der Waals surface area contributed by atoms with Crippen molar-refractivity contribution in [2.75, 3.05) is 6.67 Å². The third-order valence-corrected chi connectivity index (χ3v) is 4.45. The van der Waals surface area contributed by atoms with Gasteiger partial charge in [-0.05, 0) is 23.1 Å². The summed E-state index contributed by atoms with van der Waals surface area (Å²) in [6.07, 6.45) is 3.19. The van der Waals surface area contributed by atoms with E-state index in [1.165, 1.54) is 5.56 Å². The summed E-state index contributed by atoms with van der Waals surface area (Å²) in [4.78, 5) is 0. The highest BCUT2D eigenvalue weighted by Gasteiger charge is 2.07. The van der Waals surface area contributed by atoms with E-state index >= 15 is 0 Å². The van der Waals surface area contributed by atoms with E-state index in [0.717, 1.165) is 34.4 Å². The lowest BCUT2D eigenvalue weighted by Crippen LogP contribution is -2.03. The van der Waals surface area contributed by atoms with Gasteiger partial charge in [0.15, 0.2) is 0 Å². The molecule has 0 aliphatic carbocycles. The maximum atomic E-state index is 12.5. The van der Waals surface area contributed by atoms with Gasteiger partial charge in [0.2, 0.25) is 0 Å². The molecule has 0 heterocycles. The summed E-state index contributed by atoms with van der Waals surface area (Å²) in [6.45, 7) is 1.78. The third kappa shape index (κ3) is 4.98. The zero-order valence-electron chi connectivity index (χ0n) is 15.5. The lowest BCUT2D eigenvalue weighted by molar-refractivity contribution is 0.495. The molecule has 0 aliphatic heterocycles. The molecule has 27 heavy (non-hydrogen) atoms. The molecular weight excluding hydrogens is 335 g/mol. The van der Waals surface area contributed by atoms with Gasteiger partial charge in [-0.25, -0.2) is 0 Å². The predicted octanol–water partition coefficient (Wildman–Crippen LogP) is 5.63. The van der Waals surface area contributed by atoms with Crippen LogP contribution in [0.3, 0.4) is 0 Å². The Labute approximate surface area is 160 Å². The predicted molar refractivity (Wildman–Crippen MR) is 112 cm³/mol. The Morgan fingerprint density at radius 3 is 2.22 bits per heavy atom. The molecule has 0 bridgehead atoms. The summed E-state index contributed by atoms with van der Waals surface area (Å²) in [5.74, 6) is 0. The molecule has 0 spiro atoms. The van der Waals surface area contributed by atoms with Crippen LogP contribution in [0, 0.1) is 0 Å². The fraction of sp³-hybridized carbons (Fsp3) is 0.167. The first-order chi connectivity index (χ1) is 13.3. The molecular formula is C24H23FN2. The van der Waals surface area contributed by atoms with E-state index in [-0.39, 0.29) is 6.67 Å². The smallest absolute Gasteiger partial charge is 0.100 e. The molecule has 3 heteroatoms. The summed E-state index contributed by atoms with van der Waals surface area (Å²) in [6, 6.07) is 26.0. The van der Waals surface area contributed by atoms with Gasteiger partial charge in [0.1, 0.15) is 5.71 Å². The van der Waals surface area contributed by atoms with E-state index in [1.54, 1.807) is 6.21 Å².